The van der Waals surface area contributed by atoms with Crippen molar-refractivity contribution >= 4 is 11.8 Å². The molecule has 0 unspecified atom stereocenters. The fourth-order valence-electron chi connectivity index (χ4n) is 1.30. The maximum Gasteiger partial charge on any atom is 0.379 e. The minimum atomic E-state index is -0.786. The van der Waals surface area contributed by atoms with Gasteiger partial charge in [-0.2, -0.15) is 0 Å². The number of Topliss-reactive ketones (excluding diaryl/α,β-unsaturated/α-hetero) is 1. The zero-order chi connectivity index (χ0) is 13.4. The SMILES string of the molecule is CCOC(=O)C(=O)c1cccc(C)c1C.CO. The molecule has 0 bridgehead atoms. The smallest absolute Gasteiger partial charge is 0.379 e. The molecular formula is C13H18O4. The molecule has 1 N–H and O–H groups in total. The predicted octanol–water partition coefficient (Wildman–Crippen LogP) is 1.66. The van der Waals surface area contributed by atoms with Gasteiger partial charge in [-0.1, -0.05) is 18.2 Å². The zero-order valence-electron chi connectivity index (χ0n) is 10.6. The van der Waals surface area contributed by atoms with Crippen molar-refractivity contribution in [1.29, 1.82) is 0 Å². The predicted molar refractivity (Wildman–Crippen MR) is 65.0 cm³/mol. The van der Waals surface area contributed by atoms with Crippen molar-refractivity contribution in [3.8, 4) is 0 Å². The molecular weight excluding hydrogens is 220 g/mol. The van der Waals surface area contributed by atoms with E-state index in [0.717, 1.165) is 18.2 Å². The van der Waals surface area contributed by atoms with E-state index in [4.69, 9.17) is 5.11 Å². The molecule has 1 rings (SSSR count). The minimum Gasteiger partial charge on any atom is -0.460 e. The third-order valence-electron chi connectivity index (χ3n) is 2.31. The molecule has 0 spiro atoms. The van der Waals surface area contributed by atoms with E-state index in [2.05, 4.69) is 4.74 Å². The summed E-state index contributed by atoms with van der Waals surface area (Å²) in [5, 5.41) is 7.00. The van der Waals surface area contributed by atoms with Gasteiger partial charge in [-0.05, 0) is 31.9 Å². The third kappa shape index (κ3) is 4.00. The molecule has 4 heteroatoms. The van der Waals surface area contributed by atoms with Gasteiger partial charge in [0.25, 0.3) is 5.78 Å². The number of esters is 1. The number of aliphatic hydroxyl groups excluding tert-OH is 1. The number of aryl methyl sites for hydroxylation is 1. The topological polar surface area (TPSA) is 63.6 Å². The molecule has 0 aliphatic heterocycles. The van der Waals surface area contributed by atoms with Crippen molar-refractivity contribution < 1.29 is 19.4 Å². The molecule has 4 nitrogen and oxygen atoms in total. The highest BCUT2D eigenvalue weighted by Gasteiger charge is 2.19. The molecule has 94 valence electrons. The van der Waals surface area contributed by atoms with Gasteiger partial charge in [0.05, 0.1) is 6.61 Å². The highest BCUT2D eigenvalue weighted by Crippen LogP contribution is 2.13. The summed E-state index contributed by atoms with van der Waals surface area (Å²) < 4.78 is 4.66. The Morgan fingerprint density at radius 2 is 1.82 bits per heavy atom. The number of hydrogen-bond acceptors (Lipinski definition) is 4. The Labute approximate surface area is 101 Å². The maximum atomic E-state index is 11.6. The number of rotatable bonds is 3. The number of carbonyl (C=O) groups is 2. The Kier molecular flexibility index (Phi) is 6.82. The molecule has 17 heavy (non-hydrogen) atoms. The van der Waals surface area contributed by atoms with Crippen molar-refractivity contribution in [2.45, 2.75) is 20.8 Å². The fraction of sp³-hybridized carbons (Fsp3) is 0.385. The standard InChI is InChI=1S/C12H14O3.CH4O/c1-4-15-12(14)11(13)10-7-5-6-8(2)9(10)3;1-2/h5-7H,4H2,1-3H3;2H,1H3. The Bertz CT molecular complexity index is 396. The molecule has 0 aromatic heterocycles. The van der Waals surface area contributed by atoms with Crippen LogP contribution in [0.25, 0.3) is 0 Å². The summed E-state index contributed by atoms with van der Waals surface area (Å²) in [6.45, 7) is 5.61. The second-order valence-corrected chi connectivity index (χ2v) is 3.30. The molecule has 0 amide bonds. The Balaban J connectivity index is 0.00000121. The second-order valence-electron chi connectivity index (χ2n) is 3.30. The van der Waals surface area contributed by atoms with Gasteiger partial charge in [-0.25, -0.2) is 4.79 Å². The Morgan fingerprint density at radius 3 is 2.35 bits per heavy atom. The lowest BCUT2D eigenvalue weighted by atomic mass is 10.0. The second kappa shape index (κ2) is 7.57. The lowest BCUT2D eigenvalue weighted by Gasteiger charge is -2.06. The largest absolute Gasteiger partial charge is 0.460 e. The molecule has 0 atom stereocenters. The van der Waals surface area contributed by atoms with Gasteiger partial charge < -0.3 is 9.84 Å². The zero-order valence-corrected chi connectivity index (χ0v) is 10.6. The molecule has 1 aromatic rings. The van der Waals surface area contributed by atoms with Crippen LogP contribution >= 0.6 is 0 Å². The van der Waals surface area contributed by atoms with E-state index in [9.17, 15) is 9.59 Å². The maximum absolute atomic E-state index is 11.6. The number of ether oxygens (including phenoxy) is 1. The highest BCUT2D eigenvalue weighted by atomic mass is 16.5. The van der Waals surface area contributed by atoms with Crippen LogP contribution in [0.3, 0.4) is 0 Å². The van der Waals surface area contributed by atoms with E-state index in [1.807, 2.05) is 19.9 Å². The summed E-state index contributed by atoms with van der Waals surface area (Å²) in [5.41, 5.74) is 2.24. The van der Waals surface area contributed by atoms with E-state index >= 15 is 0 Å². The molecule has 0 fully saturated rings. The van der Waals surface area contributed by atoms with Crippen LogP contribution in [0.1, 0.15) is 28.4 Å². The van der Waals surface area contributed by atoms with E-state index in [1.165, 1.54) is 0 Å². The molecule has 1 aromatic carbocycles. The molecule has 0 saturated heterocycles. The lowest BCUT2D eigenvalue weighted by Crippen LogP contribution is -2.18. The van der Waals surface area contributed by atoms with E-state index in [0.29, 0.717) is 5.56 Å². The van der Waals surface area contributed by atoms with Crippen LogP contribution < -0.4 is 0 Å². The van der Waals surface area contributed by atoms with Crippen LogP contribution in [0.15, 0.2) is 18.2 Å². The van der Waals surface area contributed by atoms with E-state index in [-0.39, 0.29) is 6.61 Å². The average molecular weight is 238 g/mol. The van der Waals surface area contributed by atoms with Crippen molar-refractivity contribution in [3.05, 3.63) is 34.9 Å². The van der Waals surface area contributed by atoms with Gasteiger partial charge in [-0.15, -0.1) is 0 Å². The van der Waals surface area contributed by atoms with Crippen LogP contribution in [0, 0.1) is 13.8 Å². The molecule has 0 heterocycles. The Morgan fingerprint density at radius 1 is 1.24 bits per heavy atom. The average Bonchev–Trinajstić information content (AvgIpc) is 2.34. The van der Waals surface area contributed by atoms with Crippen LogP contribution in [0.5, 0.6) is 0 Å². The fourth-order valence-corrected chi connectivity index (χ4v) is 1.30. The van der Waals surface area contributed by atoms with Crippen molar-refractivity contribution in [2.75, 3.05) is 13.7 Å². The normalized spacial score (nSPS) is 9.00. The van der Waals surface area contributed by atoms with Gasteiger partial charge in [0.1, 0.15) is 0 Å². The van der Waals surface area contributed by atoms with E-state index in [1.54, 1.807) is 19.1 Å². The monoisotopic (exact) mass is 238 g/mol. The first-order valence-electron chi connectivity index (χ1n) is 5.30. The van der Waals surface area contributed by atoms with Crippen molar-refractivity contribution in [2.24, 2.45) is 0 Å². The third-order valence-corrected chi connectivity index (χ3v) is 2.31. The summed E-state index contributed by atoms with van der Waals surface area (Å²) in [5.74, 6) is -1.36. The summed E-state index contributed by atoms with van der Waals surface area (Å²) in [6.07, 6.45) is 0. The first kappa shape index (κ1) is 15.3. The minimum absolute atomic E-state index is 0.218. The number of hydrogen-bond donors (Lipinski definition) is 1. The Hall–Kier alpha value is -1.68. The van der Waals surface area contributed by atoms with E-state index < -0.39 is 11.8 Å². The van der Waals surface area contributed by atoms with Crippen LogP contribution in [0.4, 0.5) is 0 Å². The molecule has 0 saturated carbocycles. The number of aliphatic hydroxyl groups is 1. The summed E-state index contributed by atoms with van der Waals surface area (Å²) in [4.78, 5) is 22.9. The summed E-state index contributed by atoms with van der Waals surface area (Å²) >= 11 is 0. The van der Waals surface area contributed by atoms with Crippen molar-refractivity contribution in [1.82, 2.24) is 0 Å². The lowest BCUT2D eigenvalue weighted by molar-refractivity contribution is -0.137. The van der Waals surface area contributed by atoms with Gasteiger partial charge in [0.2, 0.25) is 0 Å². The quantitative estimate of drug-likeness (QED) is 0.494. The van der Waals surface area contributed by atoms with Crippen LogP contribution in [-0.2, 0) is 9.53 Å². The first-order chi connectivity index (χ1) is 8.07. The summed E-state index contributed by atoms with van der Waals surface area (Å²) in [6, 6.07) is 5.30. The molecule has 0 aliphatic rings. The molecule has 0 aliphatic carbocycles. The van der Waals surface area contributed by atoms with Crippen LogP contribution in [0.2, 0.25) is 0 Å². The number of ketones is 1. The highest BCUT2D eigenvalue weighted by molar-refractivity contribution is 6.41. The first-order valence-corrected chi connectivity index (χ1v) is 5.30. The van der Waals surface area contributed by atoms with Crippen molar-refractivity contribution in [3.63, 3.8) is 0 Å². The molecule has 0 radical (unpaired) electrons. The summed E-state index contributed by atoms with van der Waals surface area (Å²) in [7, 11) is 1.00. The number of benzene rings is 1. The van der Waals surface area contributed by atoms with Gasteiger partial charge in [0, 0.05) is 12.7 Å². The number of carbonyl (C=O) groups excluding carboxylic acids is 2. The van der Waals surface area contributed by atoms with Crippen LogP contribution in [-0.4, -0.2) is 30.6 Å². The van der Waals surface area contributed by atoms with Gasteiger partial charge in [-0.3, -0.25) is 4.79 Å². The van der Waals surface area contributed by atoms with Gasteiger partial charge in [0.15, 0.2) is 0 Å². The van der Waals surface area contributed by atoms with Gasteiger partial charge >= 0.3 is 5.97 Å².